The smallest absolute Gasteiger partial charge is 0.410 e. The third-order valence-corrected chi connectivity index (χ3v) is 6.52. The molecule has 0 spiro atoms. The summed E-state index contributed by atoms with van der Waals surface area (Å²) in [5, 5.41) is 0. The molecule has 27 heavy (non-hydrogen) atoms. The molecule has 0 aromatic carbocycles. The van der Waals surface area contributed by atoms with Crippen LogP contribution < -0.4 is 0 Å². The van der Waals surface area contributed by atoms with E-state index in [1.54, 1.807) is 7.11 Å². The standard InChI is InChI=1S/C14H24N2O3.C6H11NO/c1-3-19-14(17)16-7-10-4-5-11(16)6-13(10)15-8-12(9-15)18-2;8-6-7-4-2-1-3-5-7/h10-13H,3-9H2,1-2H3;6H,1-5H2. The zero-order valence-electron chi connectivity index (χ0n) is 16.8. The molecule has 5 aliphatic rings. The van der Waals surface area contributed by atoms with Crippen LogP contribution in [0, 0.1) is 5.92 Å². The Kier molecular flexibility index (Phi) is 7.35. The largest absolute Gasteiger partial charge is 0.450 e. The first-order valence-electron chi connectivity index (χ1n) is 10.6. The molecule has 0 aromatic heterocycles. The molecule has 1 aliphatic carbocycles. The van der Waals surface area contributed by atoms with E-state index in [0.29, 0.717) is 30.7 Å². The number of ether oxygens (including phenoxy) is 2. The van der Waals surface area contributed by atoms with Crippen molar-refractivity contribution in [3.8, 4) is 0 Å². The van der Waals surface area contributed by atoms with Crippen LogP contribution in [0.2, 0.25) is 0 Å². The summed E-state index contributed by atoms with van der Waals surface area (Å²) >= 11 is 0. The Hall–Kier alpha value is -1.34. The zero-order valence-corrected chi connectivity index (χ0v) is 16.8. The molecule has 5 rings (SSSR count). The van der Waals surface area contributed by atoms with Crippen LogP contribution in [0.5, 0.6) is 0 Å². The zero-order chi connectivity index (χ0) is 19.2. The van der Waals surface area contributed by atoms with Gasteiger partial charge in [-0.2, -0.15) is 0 Å². The molecular formula is C20H35N3O4. The van der Waals surface area contributed by atoms with Crippen LogP contribution >= 0.6 is 0 Å². The predicted octanol–water partition coefficient (Wildman–Crippen LogP) is 1.96. The lowest BCUT2D eigenvalue weighted by molar-refractivity contribution is -0.118. The minimum atomic E-state index is -0.117. The van der Waals surface area contributed by atoms with Crippen molar-refractivity contribution in [2.75, 3.05) is 46.4 Å². The van der Waals surface area contributed by atoms with E-state index >= 15 is 0 Å². The van der Waals surface area contributed by atoms with Crippen LogP contribution in [0.15, 0.2) is 0 Å². The van der Waals surface area contributed by atoms with E-state index in [1.165, 1.54) is 25.7 Å². The Labute approximate surface area is 162 Å². The molecule has 1 saturated carbocycles. The number of fused-ring (bicyclic) bond motifs is 3. The molecule has 4 saturated heterocycles. The first-order chi connectivity index (χ1) is 13.2. The highest BCUT2D eigenvalue weighted by Gasteiger charge is 2.47. The second-order valence-corrected chi connectivity index (χ2v) is 8.16. The van der Waals surface area contributed by atoms with Crippen LogP contribution in [0.4, 0.5) is 4.79 Å². The fourth-order valence-electron chi connectivity index (χ4n) is 4.88. The minimum absolute atomic E-state index is 0.117. The SMILES string of the molecule is CCOC(=O)N1CC2CCC1CC2N1CC(OC)C1.O=CN1CCCCC1. The first-order valence-corrected chi connectivity index (χ1v) is 10.6. The van der Waals surface area contributed by atoms with Crippen molar-refractivity contribution in [1.29, 1.82) is 0 Å². The van der Waals surface area contributed by atoms with Crippen molar-refractivity contribution in [3.05, 3.63) is 0 Å². The Morgan fingerprint density at radius 1 is 1.11 bits per heavy atom. The summed E-state index contributed by atoms with van der Waals surface area (Å²) in [6.45, 7) is 7.29. The van der Waals surface area contributed by atoms with Gasteiger partial charge in [0.15, 0.2) is 0 Å². The van der Waals surface area contributed by atoms with Gasteiger partial charge in [-0.15, -0.1) is 0 Å². The van der Waals surface area contributed by atoms with Crippen LogP contribution in [-0.2, 0) is 14.3 Å². The fraction of sp³-hybridized carbons (Fsp3) is 0.900. The molecule has 5 fully saturated rings. The number of methoxy groups -OCH3 is 1. The second kappa shape index (κ2) is 9.73. The summed E-state index contributed by atoms with van der Waals surface area (Å²) in [6, 6.07) is 1.03. The number of amides is 2. The molecule has 3 unspecified atom stereocenters. The van der Waals surface area contributed by atoms with E-state index in [1.807, 2.05) is 16.7 Å². The number of carbonyl (C=O) groups is 2. The summed E-state index contributed by atoms with van der Waals surface area (Å²) in [5.41, 5.74) is 0. The molecule has 3 atom stereocenters. The number of likely N-dealkylation sites (tertiary alicyclic amines) is 2. The fourth-order valence-corrected chi connectivity index (χ4v) is 4.88. The lowest BCUT2D eigenvalue weighted by Crippen LogP contribution is -2.65. The number of hydrogen-bond donors (Lipinski definition) is 0. The molecule has 0 aromatic rings. The van der Waals surface area contributed by atoms with Gasteiger partial charge in [-0.1, -0.05) is 0 Å². The summed E-state index contributed by atoms with van der Waals surface area (Å²) in [4.78, 5) is 28.3. The van der Waals surface area contributed by atoms with Crippen molar-refractivity contribution in [2.45, 2.75) is 63.6 Å². The second-order valence-electron chi connectivity index (χ2n) is 8.16. The monoisotopic (exact) mass is 381 g/mol. The van der Waals surface area contributed by atoms with Crippen molar-refractivity contribution >= 4 is 12.5 Å². The van der Waals surface area contributed by atoms with Crippen molar-refractivity contribution in [1.82, 2.24) is 14.7 Å². The third-order valence-electron chi connectivity index (χ3n) is 6.52. The van der Waals surface area contributed by atoms with Gasteiger partial charge in [0.1, 0.15) is 0 Å². The van der Waals surface area contributed by atoms with Crippen LogP contribution in [0.3, 0.4) is 0 Å². The number of nitrogens with zero attached hydrogens (tertiary/aromatic N) is 3. The molecule has 4 aliphatic heterocycles. The molecule has 0 N–H and O–H groups in total. The Morgan fingerprint density at radius 2 is 1.85 bits per heavy atom. The molecule has 0 radical (unpaired) electrons. The van der Waals surface area contributed by atoms with E-state index in [2.05, 4.69) is 4.90 Å². The van der Waals surface area contributed by atoms with E-state index in [-0.39, 0.29) is 6.09 Å². The normalized spacial score (nSPS) is 31.0. The number of carbonyl (C=O) groups excluding carboxylic acids is 2. The lowest BCUT2D eigenvalue weighted by atomic mass is 9.74. The molecule has 7 heteroatoms. The molecule has 4 heterocycles. The van der Waals surface area contributed by atoms with Gasteiger partial charge in [-0.05, 0) is 51.4 Å². The first kappa shape index (κ1) is 20.4. The molecular weight excluding hydrogens is 346 g/mol. The van der Waals surface area contributed by atoms with E-state index < -0.39 is 0 Å². The van der Waals surface area contributed by atoms with Gasteiger partial charge in [0, 0.05) is 51.9 Å². The highest BCUT2D eigenvalue weighted by molar-refractivity contribution is 5.68. The van der Waals surface area contributed by atoms with Gasteiger partial charge < -0.3 is 19.3 Å². The average Bonchev–Trinajstić information content (AvgIpc) is 2.69. The third kappa shape index (κ3) is 4.93. The van der Waals surface area contributed by atoms with Crippen molar-refractivity contribution < 1.29 is 19.1 Å². The number of rotatable bonds is 4. The van der Waals surface area contributed by atoms with Gasteiger partial charge in [0.2, 0.25) is 6.41 Å². The van der Waals surface area contributed by atoms with Crippen molar-refractivity contribution in [3.63, 3.8) is 0 Å². The summed E-state index contributed by atoms with van der Waals surface area (Å²) < 4.78 is 10.5. The van der Waals surface area contributed by atoms with Crippen LogP contribution in [-0.4, -0.2) is 91.8 Å². The number of hydrogen-bond acceptors (Lipinski definition) is 5. The van der Waals surface area contributed by atoms with Crippen LogP contribution in [0.25, 0.3) is 0 Å². The van der Waals surface area contributed by atoms with Crippen LogP contribution in [0.1, 0.15) is 45.4 Å². The van der Waals surface area contributed by atoms with Gasteiger partial charge >= 0.3 is 6.09 Å². The maximum Gasteiger partial charge on any atom is 0.410 e. The highest BCUT2D eigenvalue weighted by atomic mass is 16.6. The molecule has 154 valence electrons. The topological polar surface area (TPSA) is 62.3 Å². The van der Waals surface area contributed by atoms with Gasteiger partial charge in [0.05, 0.1) is 12.7 Å². The van der Waals surface area contributed by atoms with Gasteiger partial charge in [-0.3, -0.25) is 9.69 Å². The number of piperidine rings is 3. The Bertz CT molecular complexity index is 492. The van der Waals surface area contributed by atoms with E-state index in [0.717, 1.165) is 52.0 Å². The summed E-state index contributed by atoms with van der Waals surface area (Å²) in [6.07, 6.45) is 8.43. The van der Waals surface area contributed by atoms with E-state index in [9.17, 15) is 9.59 Å². The predicted molar refractivity (Wildman–Crippen MR) is 103 cm³/mol. The maximum absolute atomic E-state index is 11.9. The van der Waals surface area contributed by atoms with Crippen molar-refractivity contribution in [2.24, 2.45) is 5.92 Å². The average molecular weight is 382 g/mol. The van der Waals surface area contributed by atoms with Gasteiger partial charge in [0.25, 0.3) is 0 Å². The molecule has 2 amide bonds. The highest BCUT2D eigenvalue weighted by Crippen LogP contribution is 2.39. The van der Waals surface area contributed by atoms with E-state index in [4.69, 9.17) is 9.47 Å². The van der Waals surface area contributed by atoms with Gasteiger partial charge in [-0.25, -0.2) is 4.79 Å². The quantitative estimate of drug-likeness (QED) is 0.697. The molecule has 2 bridgehead atoms. The maximum atomic E-state index is 11.9. The Morgan fingerprint density at radius 3 is 2.37 bits per heavy atom. The summed E-state index contributed by atoms with van der Waals surface area (Å²) in [5.74, 6) is 0.618. The lowest BCUT2D eigenvalue weighted by Gasteiger charge is -2.55. The minimum Gasteiger partial charge on any atom is -0.450 e. The Balaban J connectivity index is 0.000000221. The molecule has 7 nitrogen and oxygen atoms in total. The summed E-state index contributed by atoms with van der Waals surface area (Å²) in [7, 11) is 1.79.